The molecule has 0 spiro atoms. The number of fused-ring (bicyclic) bond motifs is 2. The summed E-state index contributed by atoms with van der Waals surface area (Å²) in [4.78, 5) is 19.9. The molecule has 7 rings (SSSR count). The summed E-state index contributed by atoms with van der Waals surface area (Å²) in [5.74, 6) is 0. The monoisotopic (exact) mass is 679 g/mol. The summed E-state index contributed by atoms with van der Waals surface area (Å²) in [6, 6.07) is 11.2. The van der Waals surface area contributed by atoms with Crippen LogP contribution in [0.5, 0.6) is 0 Å². The maximum Gasteiger partial charge on any atom is 0.129 e. The zero-order valence-electron chi connectivity index (χ0n) is 23.6. The molecule has 1 aliphatic heterocycles. The normalized spacial score (nSPS) is 13.8. The number of pyridine rings is 4. The molecular formula is C30H28BrCl2N9O. The minimum atomic E-state index is 0.471. The predicted molar refractivity (Wildman–Crippen MR) is 172 cm³/mol. The fourth-order valence-electron chi connectivity index (χ4n) is 5.00. The molecule has 10 nitrogen and oxygen atoms in total. The van der Waals surface area contributed by atoms with Gasteiger partial charge in [-0.05, 0) is 36.4 Å². The fraction of sp³-hybridized carbons (Fsp3) is 0.267. The highest BCUT2D eigenvalue weighted by molar-refractivity contribution is 9.08. The van der Waals surface area contributed by atoms with Gasteiger partial charge in [0.15, 0.2) is 0 Å². The topological polar surface area (TPSA) is 99.7 Å². The van der Waals surface area contributed by atoms with Crippen molar-refractivity contribution in [1.82, 2.24) is 44.4 Å². The van der Waals surface area contributed by atoms with Crippen molar-refractivity contribution in [3.8, 4) is 22.3 Å². The number of alkyl halides is 1. The molecule has 1 fully saturated rings. The summed E-state index contributed by atoms with van der Waals surface area (Å²) in [6.45, 7) is 4.23. The summed E-state index contributed by atoms with van der Waals surface area (Å²) in [7, 11) is 3.84. The summed E-state index contributed by atoms with van der Waals surface area (Å²) in [5, 5.41) is 10.7. The average molecular weight is 681 g/mol. The molecule has 43 heavy (non-hydrogen) atoms. The molecule has 0 atom stereocenters. The summed E-state index contributed by atoms with van der Waals surface area (Å²) >= 11 is 15.4. The second kappa shape index (κ2) is 13.0. The van der Waals surface area contributed by atoms with E-state index in [1.807, 2.05) is 67.8 Å². The highest BCUT2D eigenvalue weighted by Crippen LogP contribution is 2.28. The first kappa shape index (κ1) is 29.6. The lowest BCUT2D eigenvalue weighted by Crippen LogP contribution is -2.35. The molecule has 1 aliphatic rings. The van der Waals surface area contributed by atoms with Crippen molar-refractivity contribution in [2.24, 2.45) is 14.1 Å². The van der Waals surface area contributed by atoms with E-state index in [4.69, 9.17) is 27.9 Å². The van der Waals surface area contributed by atoms with Crippen LogP contribution < -0.4 is 0 Å². The van der Waals surface area contributed by atoms with Gasteiger partial charge in [0.05, 0.1) is 46.7 Å². The van der Waals surface area contributed by atoms with Crippen molar-refractivity contribution in [1.29, 1.82) is 0 Å². The Hall–Kier alpha value is -3.48. The van der Waals surface area contributed by atoms with E-state index < -0.39 is 0 Å². The van der Waals surface area contributed by atoms with Crippen molar-refractivity contribution in [2.45, 2.75) is 11.9 Å². The number of hydrogen-bond acceptors (Lipinski definition) is 8. The lowest BCUT2D eigenvalue weighted by atomic mass is 10.1. The third-order valence-electron chi connectivity index (χ3n) is 7.04. The SMILES string of the molecule is Cn1cc(-c2cnc3ccc(Cl)nc3c2)c(CBr)n1.Cn1cc(-c2cnc3ccc(Cl)nc3c2)c(CN2CCOCC2)n1. The van der Waals surface area contributed by atoms with Crippen molar-refractivity contribution in [2.75, 3.05) is 26.3 Å². The maximum absolute atomic E-state index is 6.01. The zero-order chi connectivity index (χ0) is 29.9. The Balaban J connectivity index is 0.000000157. The third-order valence-corrected chi connectivity index (χ3v) is 8.00. The molecule has 0 bridgehead atoms. The molecule has 7 heterocycles. The average Bonchev–Trinajstić information content (AvgIpc) is 3.58. The van der Waals surface area contributed by atoms with E-state index >= 15 is 0 Å². The number of halogens is 3. The fourth-order valence-corrected chi connectivity index (χ4v) is 5.72. The van der Waals surface area contributed by atoms with E-state index in [1.165, 1.54) is 0 Å². The molecule has 0 N–H and O–H groups in total. The van der Waals surface area contributed by atoms with Crippen LogP contribution in [-0.4, -0.2) is 70.7 Å². The molecular weight excluding hydrogens is 653 g/mol. The van der Waals surface area contributed by atoms with E-state index in [-0.39, 0.29) is 0 Å². The summed E-state index contributed by atoms with van der Waals surface area (Å²) in [5.41, 5.74) is 9.40. The number of morpholine rings is 1. The number of aromatic nitrogens is 8. The second-order valence-corrected chi connectivity index (χ2v) is 11.5. The Morgan fingerprint density at radius 1 is 0.744 bits per heavy atom. The number of nitrogens with zero attached hydrogens (tertiary/aromatic N) is 9. The van der Waals surface area contributed by atoms with E-state index in [1.54, 1.807) is 16.8 Å². The molecule has 0 aromatic carbocycles. The van der Waals surface area contributed by atoms with E-state index in [2.05, 4.69) is 51.0 Å². The molecule has 0 aliphatic carbocycles. The Kier molecular flexibility index (Phi) is 8.96. The molecule has 0 saturated carbocycles. The Morgan fingerprint density at radius 2 is 1.26 bits per heavy atom. The molecule has 0 amide bonds. The van der Waals surface area contributed by atoms with Gasteiger partial charge in [-0.2, -0.15) is 10.2 Å². The molecule has 13 heteroatoms. The lowest BCUT2D eigenvalue weighted by Gasteiger charge is -2.26. The third kappa shape index (κ3) is 6.86. The van der Waals surface area contributed by atoms with Crippen molar-refractivity contribution in [3.63, 3.8) is 0 Å². The van der Waals surface area contributed by atoms with E-state index in [0.29, 0.717) is 15.6 Å². The van der Waals surface area contributed by atoms with Crippen LogP contribution in [0.1, 0.15) is 11.4 Å². The molecule has 6 aromatic rings. The van der Waals surface area contributed by atoms with Gasteiger partial charge in [0.25, 0.3) is 0 Å². The molecule has 1 saturated heterocycles. The lowest BCUT2D eigenvalue weighted by molar-refractivity contribution is 0.0336. The number of aryl methyl sites for hydroxylation is 2. The van der Waals surface area contributed by atoms with E-state index in [9.17, 15) is 0 Å². The van der Waals surface area contributed by atoms with Crippen LogP contribution in [-0.2, 0) is 30.7 Å². The predicted octanol–water partition coefficient (Wildman–Crippen LogP) is 6.09. The highest BCUT2D eigenvalue weighted by Gasteiger charge is 2.17. The van der Waals surface area contributed by atoms with Crippen LogP contribution in [0.15, 0.2) is 61.2 Å². The van der Waals surface area contributed by atoms with Crippen molar-refractivity contribution >= 4 is 61.2 Å². The quantitative estimate of drug-likeness (QED) is 0.159. The number of ether oxygens (including phenoxy) is 1. The van der Waals surface area contributed by atoms with Gasteiger partial charge in [-0.1, -0.05) is 39.1 Å². The molecule has 0 radical (unpaired) electrons. The summed E-state index contributed by atoms with van der Waals surface area (Å²) in [6.07, 6.45) is 7.71. The molecule has 220 valence electrons. The van der Waals surface area contributed by atoms with Gasteiger partial charge in [-0.3, -0.25) is 24.2 Å². The minimum Gasteiger partial charge on any atom is -0.379 e. The van der Waals surface area contributed by atoms with Crippen LogP contribution >= 0.6 is 39.1 Å². The van der Waals surface area contributed by atoms with Crippen LogP contribution in [0.3, 0.4) is 0 Å². The standard InChI is InChI=1S/C17H18ClN5O.C13H10BrClN4/c1-22-10-13(16(21-22)11-23-4-6-24-7-5-23)12-8-15-14(19-9-12)2-3-17(18)20-15;1-19-7-9(12(5-14)18-19)8-4-11-10(16-6-8)2-3-13(15)17-11/h2-3,8-10H,4-7,11H2,1H3;2-4,6-7H,5H2,1H3. The van der Waals surface area contributed by atoms with Crippen LogP contribution in [0.4, 0.5) is 0 Å². The van der Waals surface area contributed by atoms with Gasteiger partial charge in [0.1, 0.15) is 10.3 Å². The van der Waals surface area contributed by atoms with Gasteiger partial charge < -0.3 is 4.74 Å². The highest BCUT2D eigenvalue weighted by atomic mass is 79.9. The summed E-state index contributed by atoms with van der Waals surface area (Å²) < 4.78 is 9.06. The molecule has 0 unspecified atom stereocenters. The zero-order valence-corrected chi connectivity index (χ0v) is 26.7. The van der Waals surface area contributed by atoms with Gasteiger partial charge in [-0.15, -0.1) is 0 Å². The smallest absolute Gasteiger partial charge is 0.129 e. The van der Waals surface area contributed by atoms with Gasteiger partial charge in [0, 0.05) is 86.1 Å². The van der Waals surface area contributed by atoms with Crippen molar-refractivity contribution < 1.29 is 4.74 Å². The minimum absolute atomic E-state index is 0.471. The largest absolute Gasteiger partial charge is 0.379 e. The Morgan fingerprint density at radius 3 is 1.79 bits per heavy atom. The second-order valence-electron chi connectivity index (χ2n) is 10.1. The number of hydrogen-bond donors (Lipinski definition) is 0. The maximum atomic E-state index is 6.01. The first-order valence-electron chi connectivity index (χ1n) is 13.6. The van der Waals surface area contributed by atoms with Gasteiger partial charge in [-0.25, -0.2) is 9.97 Å². The van der Waals surface area contributed by atoms with Gasteiger partial charge >= 0.3 is 0 Å². The van der Waals surface area contributed by atoms with Crippen LogP contribution in [0, 0.1) is 0 Å². The van der Waals surface area contributed by atoms with E-state index in [0.717, 1.165) is 88.6 Å². The Bertz CT molecular complexity index is 1900. The first-order chi connectivity index (χ1) is 20.9. The first-order valence-corrected chi connectivity index (χ1v) is 15.5. The van der Waals surface area contributed by atoms with Gasteiger partial charge in [0.2, 0.25) is 0 Å². The van der Waals surface area contributed by atoms with Crippen LogP contribution in [0.25, 0.3) is 44.3 Å². The number of rotatable bonds is 5. The molecule has 6 aromatic heterocycles. The van der Waals surface area contributed by atoms with Crippen molar-refractivity contribution in [3.05, 3.63) is 82.9 Å². The van der Waals surface area contributed by atoms with Crippen LogP contribution in [0.2, 0.25) is 10.3 Å². The Labute approximate surface area is 266 Å².